The summed E-state index contributed by atoms with van der Waals surface area (Å²) in [6, 6.07) is 6.46. The second-order valence-corrected chi connectivity index (χ2v) is 6.84. The third-order valence-corrected chi connectivity index (χ3v) is 4.93. The van der Waals surface area contributed by atoms with E-state index in [1.54, 1.807) is 24.1 Å². The van der Waals surface area contributed by atoms with Crippen LogP contribution in [0.1, 0.15) is 46.8 Å². The molecule has 3 rings (SSSR count). The van der Waals surface area contributed by atoms with E-state index < -0.39 is 0 Å². The topological polar surface area (TPSA) is 70.0 Å². The standard InChI is InChI=1S/C19H20ClNO4/c1-10(2)12-6-13(16(23)7-15(12)22)19(24)21-8-11-4-5-17(25-3)18(20)14(11)9-21/h4-7,10,22-23H,8-9H2,1-3H3. The van der Waals surface area contributed by atoms with Crippen molar-refractivity contribution >= 4 is 17.5 Å². The van der Waals surface area contributed by atoms with Crippen LogP contribution in [-0.4, -0.2) is 28.1 Å². The van der Waals surface area contributed by atoms with Crippen molar-refractivity contribution in [1.29, 1.82) is 0 Å². The Bertz CT molecular complexity index is 848. The number of phenolic OH excluding ortho intramolecular Hbond substituents is 2. The molecule has 0 spiro atoms. The summed E-state index contributed by atoms with van der Waals surface area (Å²) in [6.45, 7) is 4.59. The normalized spacial score (nSPS) is 13.2. The van der Waals surface area contributed by atoms with Gasteiger partial charge < -0.3 is 19.8 Å². The van der Waals surface area contributed by atoms with Crippen molar-refractivity contribution < 1.29 is 19.7 Å². The molecular formula is C19H20ClNO4. The van der Waals surface area contributed by atoms with E-state index >= 15 is 0 Å². The van der Waals surface area contributed by atoms with Gasteiger partial charge in [-0.25, -0.2) is 0 Å². The summed E-state index contributed by atoms with van der Waals surface area (Å²) in [7, 11) is 1.55. The predicted molar refractivity (Wildman–Crippen MR) is 95.4 cm³/mol. The number of aromatic hydroxyl groups is 2. The first-order valence-electron chi connectivity index (χ1n) is 8.02. The highest BCUT2D eigenvalue weighted by molar-refractivity contribution is 6.33. The van der Waals surface area contributed by atoms with Gasteiger partial charge in [0.15, 0.2) is 0 Å². The van der Waals surface area contributed by atoms with Gasteiger partial charge in [-0.15, -0.1) is 0 Å². The smallest absolute Gasteiger partial charge is 0.258 e. The number of amides is 1. The number of nitrogens with zero attached hydrogens (tertiary/aromatic N) is 1. The highest BCUT2D eigenvalue weighted by Gasteiger charge is 2.29. The van der Waals surface area contributed by atoms with Gasteiger partial charge in [0.05, 0.1) is 17.7 Å². The maximum atomic E-state index is 12.9. The molecule has 0 aromatic heterocycles. The Labute approximate surface area is 151 Å². The minimum Gasteiger partial charge on any atom is -0.508 e. The molecule has 1 aliphatic heterocycles. The van der Waals surface area contributed by atoms with E-state index in [0.29, 0.717) is 29.4 Å². The van der Waals surface area contributed by atoms with Crippen molar-refractivity contribution in [2.45, 2.75) is 32.9 Å². The Morgan fingerprint density at radius 1 is 1.20 bits per heavy atom. The van der Waals surface area contributed by atoms with Crippen LogP contribution in [0.5, 0.6) is 17.2 Å². The molecule has 1 heterocycles. The number of hydrogen-bond donors (Lipinski definition) is 2. The van der Waals surface area contributed by atoms with Gasteiger partial charge in [0.1, 0.15) is 17.2 Å². The summed E-state index contributed by atoms with van der Waals surface area (Å²) in [6.07, 6.45) is 0. The number of ether oxygens (including phenoxy) is 1. The number of fused-ring (bicyclic) bond motifs is 1. The number of rotatable bonds is 3. The molecule has 0 aliphatic carbocycles. The average molecular weight is 362 g/mol. The van der Waals surface area contributed by atoms with E-state index in [-0.39, 0.29) is 28.9 Å². The van der Waals surface area contributed by atoms with Crippen LogP contribution in [-0.2, 0) is 13.1 Å². The molecule has 1 aliphatic rings. The molecule has 2 aromatic rings. The van der Waals surface area contributed by atoms with E-state index in [0.717, 1.165) is 11.1 Å². The zero-order chi connectivity index (χ0) is 18.3. The number of benzene rings is 2. The monoisotopic (exact) mass is 361 g/mol. The Morgan fingerprint density at radius 2 is 1.92 bits per heavy atom. The third kappa shape index (κ3) is 3.00. The molecule has 0 atom stereocenters. The number of carbonyl (C=O) groups excluding carboxylic acids is 1. The predicted octanol–water partition coefficient (Wildman–Crippen LogP) is 4.04. The van der Waals surface area contributed by atoms with Gasteiger partial charge in [0, 0.05) is 19.2 Å². The minimum absolute atomic E-state index is 0.0125. The summed E-state index contributed by atoms with van der Waals surface area (Å²) >= 11 is 6.34. The van der Waals surface area contributed by atoms with E-state index in [2.05, 4.69) is 0 Å². The SMILES string of the molecule is COc1ccc2c(c1Cl)CN(C(=O)c1cc(C(C)C)c(O)cc1O)C2. The fourth-order valence-corrected chi connectivity index (χ4v) is 3.43. The lowest BCUT2D eigenvalue weighted by Crippen LogP contribution is -2.25. The molecule has 6 heteroatoms. The molecule has 0 radical (unpaired) electrons. The highest BCUT2D eigenvalue weighted by atomic mass is 35.5. The van der Waals surface area contributed by atoms with Gasteiger partial charge in [-0.3, -0.25) is 4.79 Å². The van der Waals surface area contributed by atoms with Crippen LogP contribution in [0.3, 0.4) is 0 Å². The van der Waals surface area contributed by atoms with Crippen LogP contribution < -0.4 is 4.74 Å². The lowest BCUT2D eigenvalue weighted by Gasteiger charge is -2.18. The zero-order valence-corrected chi connectivity index (χ0v) is 15.1. The van der Waals surface area contributed by atoms with Crippen LogP contribution >= 0.6 is 11.6 Å². The second kappa shape index (κ2) is 6.48. The Morgan fingerprint density at radius 3 is 2.56 bits per heavy atom. The van der Waals surface area contributed by atoms with Crippen LogP contribution in [0, 0.1) is 0 Å². The van der Waals surface area contributed by atoms with Gasteiger partial charge in [-0.1, -0.05) is 31.5 Å². The van der Waals surface area contributed by atoms with Crippen LogP contribution in [0.2, 0.25) is 5.02 Å². The van der Waals surface area contributed by atoms with Crippen molar-refractivity contribution in [3.05, 3.63) is 51.5 Å². The second-order valence-electron chi connectivity index (χ2n) is 6.46. The lowest BCUT2D eigenvalue weighted by atomic mass is 9.98. The van der Waals surface area contributed by atoms with E-state index in [4.69, 9.17) is 16.3 Å². The fourth-order valence-electron chi connectivity index (χ4n) is 3.11. The molecule has 25 heavy (non-hydrogen) atoms. The Kier molecular flexibility index (Phi) is 4.52. The summed E-state index contributed by atoms with van der Waals surface area (Å²) in [5.41, 5.74) is 2.62. The Balaban J connectivity index is 1.93. The first-order chi connectivity index (χ1) is 11.8. The molecule has 0 saturated heterocycles. The molecule has 0 unspecified atom stereocenters. The average Bonchev–Trinajstić information content (AvgIpc) is 2.99. The molecule has 2 N–H and O–H groups in total. The molecule has 2 aromatic carbocycles. The molecule has 132 valence electrons. The summed E-state index contributed by atoms with van der Waals surface area (Å²) < 4.78 is 5.22. The van der Waals surface area contributed by atoms with Crippen LogP contribution in [0.4, 0.5) is 0 Å². The quantitative estimate of drug-likeness (QED) is 0.865. The minimum atomic E-state index is -0.300. The van der Waals surface area contributed by atoms with Gasteiger partial charge >= 0.3 is 0 Å². The molecule has 5 nitrogen and oxygen atoms in total. The summed E-state index contributed by atoms with van der Waals surface area (Å²) in [5, 5.41) is 20.6. The molecule has 0 bridgehead atoms. The molecule has 0 fully saturated rings. The fraction of sp³-hybridized carbons (Fsp3) is 0.316. The summed E-state index contributed by atoms with van der Waals surface area (Å²) in [5.74, 6) is 0.0598. The van der Waals surface area contributed by atoms with E-state index in [1.165, 1.54) is 6.07 Å². The third-order valence-electron chi connectivity index (χ3n) is 4.52. The largest absolute Gasteiger partial charge is 0.508 e. The van der Waals surface area contributed by atoms with Crippen molar-refractivity contribution in [2.24, 2.45) is 0 Å². The lowest BCUT2D eigenvalue weighted by molar-refractivity contribution is 0.0748. The number of methoxy groups -OCH3 is 1. The number of carbonyl (C=O) groups is 1. The number of halogens is 1. The van der Waals surface area contributed by atoms with Crippen LogP contribution in [0.15, 0.2) is 24.3 Å². The molecular weight excluding hydrogens is 342 g/mol. The van der Waals surface area contributed by atoms with Crippen molar-refractivity contribution in [2.75, 3.05) is 7.11 Å². The number of phenols is 2. The van der Waals surface area contributed by atoms with Crippen LogP contribution in [0.25, 0.3) is 0 Å². The van der Waals surface area contributed by atoms with Crippen molar-refractivity contribution in [3.8, 4) is 17.2 Å². The van der Waals surface area contributed by atoms with Gasteiger partial charge in [0.25, 0.3) is 5.91 Å². The zero-order valence-electron chi connectivity index (χ0n) is 14.3. The first-order valence-corrected chi connectivity index (χ1v) is 8.40. The molecule has 0 saturated carbocycles. The van der Waals surface area contributed by atoms with Crippen molar-refractivity contribution in [3.63, 3.8) is 0 Å². The number of hydrogen-bond acceptors (Lipinski definition) is 4. The van der Waals surface area contributed by atoms with Gasteiger partial charge in [-0.2, -0.15) is 0 Å². The first kappa shape index (κ1) is 17.4. The maximum Gasteiger partial charge on any atom is 0.258 e. The maximum absolute atomic E-state index is 12.9. The highest BCUT2D eigenvalue weighted by Crippen LogP contribution is 2.38. The van der Waals surface area contributed by atoms with Gasteiger partial charge in [0.2, 0.25) is 0 Å². The van der Waals surface area contributed by atoms with Crippen molar-refractivity contribution in [1.82, 2.24) is 4.90 Å². The van der Waals surface area contributed by atoms with E-state index in [9.17, 15) is 15.0 Å². The summed E-state index contributed by atoms with van der Waals surface area (Å²) in [4.78, 5) is 14.5. The van der Waals surface area contributed by atoms with Gasteiger partial charge in [-0.05, 0) is 34.7 Å². The Hall–Kier alpha value is -2.40. The van der Waals surface area contributed by atoms with E-state index in [1.807, 2.05) is 19.9 Å². The molecule has 1 amide bonds.